The second-order valence-electron chi connectivity index (χ2n) is 11.1. The van der Waals surface area contributed by atoms with Crippen molar-refractivity contribution in [3.05, 3.63) is 65.3 Å². The first kappa shape index (κ1) is 33.8. The number of unbranched alkanes of at least 4 members (excludes halogenated alkanes) is 6. The molecule has 226 valence electrons. The van der Waals surface area contributed by atoms with Crippen LogP contribution >= 0.6 is 0 Å². The van der Waals surface area contributed by atoms with Gasteiger partial charge in [-0.25, -0.2) is 0 Å². The van der Waals surface area contributed by atoms with Gasteiger partial charge in [-0.2, -0.15) is 0 Å². The average Bonchev–Trinajstić information content (AvgIpc) is 2.95. The summed E-state index contributed by atoms with van der Waals surface area (Å²) >= 11 is 0. The lowest BCUT2D eigenvalue weighted by Crippen LogP contribution is -2.14. The molecule has 1 atom stereocenters. The normalized spacial score (nSPS) is 12.0. The van der Waals surface area contributed by atoms with Crippen LogP contribution in [-0.4, -0.2) is 36.5 Å². The Morgan fingerprint density at radius 1 is 0.902 bits per heavy atom. The van der Waals surface area contributed by atoms with Crippen molar-refractivity contribution in [3.63, 3.8) is 0 Å². The highest BCUT2D eigenvalue weighted by Gasteiger charge is 2.22. The highest BCUT2D eigenvalue weighted by atomic mass is 16.5. The van der Waals surface area contributed by atoms with Gasteiger partial charge >= 0.3 is 5.97 Å². The molecule has 41 heavy (non-hydrogen) atoms. The Labute approximate surface area is 247 Å². The topological polar surface area (TPSA) is 85.2 Å². The number of ether oxygens (including phenoxy) is 3. The van der Waals surface area contributed by atoms with Crippen molar-refractivity contribution in [2.45, 2.75) is 91.4 Å². The standard InChI is InChI=1S/C35H50O6/c1-7-8-22-40-34-31(36)27(5)30(32(37)33(34)39-6)17-15-13-11-9-10-12-14-16-23-41-35(38)26(4)29-20-18-28(19-21-29)24-25(2)3/h7,15,17-21,25-26,36-37H,1,8-14,16,22-24H2,2-6H3/b17-15+. The number of phenolic OH excluding ortho intramolecular Hbond substituents is 2. The largest absolute Gasteiger partial charge is 0.504 e. The summed E-state index contributed by atoms with van der Waals surface area (Å²) in [5.41, 5.74) is 3.37. The van der Waals surface area contributed by atoms with E-state index in [0.29, 0.717) is 36.7 Å². The summed E-state index contributed by atoms with van der Waals surface area (Å²) in [7, 11) is 1.44. The van der Waals surface area contributed by atoms with E-state index >= 15 is 0 Å². The molecule has 2 N–H and O–H groups in total. The van der Waals surface area contributed by atoms with Crippen LogP contribution in [0.1, 0.15) is 100 Å². The maximum atomic E-state index is 12.4. The Kier molecular flexibility index (Phi) is 14.9. The molecule has 0 aromatic heterocycles. The van der Waals surface area contributed by atoms with Gasteiger partial charge in [-0.15, -0.1) is 6.58 Å². The molecule has 6 heteroatoms. The number of carbonyl (C=O) groups excluding carboxylic acids is 1. The highest BCUT2D eigenvalue weighted by Crippen LogP contribution is 2.49. The van der Waals surface area contributed by atoms with Crippen LogP contribution in [0.2, 0.25) is 0 Å². The van der Waals surface area contributed by atoms with E-state index in [4.69, 9.17) is 14.2 Å². The van der Waals surface area contributed by atoms with Gasteiger partial charge in [0.2, 0.25) is 11.5 Å². The Bertz CT molecular complexity index is 1120. The molecular formula is C35H50O6. The van der Waals surface area contributed by atoms with Crippen LogP contribution in [-0.2, 0) is 16.0 Å². The first-order valence-electron chi connectivity index (χ1n) is 15.0. The number of esters is 1. The fourth-order valence-electron chi connectivity index (χ4n) is 4.70. The van der Waals surface area contributed by atoms with Crippen LogP contribution < -0.4 is 9.47 Å². The molecule has 2 rings (SSSR count). The van der Waals surface area contributed by atoms with Gasteiger partial charge in [-0.05, 0) is 63.0 Å². The zero-order valence-corrected chi connectivity index (χ0v) is 25.7. The van der Waals surface area contributed by atoms with E-state index in [2.05, 4.69) is 32.6 Å². The Morgan fingerprint density at radius 2 is 1.56 bits per heavy atom. The van der Waals surface area contributed by atoms with E-state index in [1.807, 2.05) is 31.2 Å². The van der Waals surface area contributed by atoms with Crippen LogP contribution in [0, 0.1) is 12.8 Å². The lowest BCUT2D eigenvalue weighted by molar-refractivity contribution is -0.145. The number of benzene rings is 2. The van der Waals surface area contributed by atoms with Gasteiger partial charge in [0.1, 0.15) is 0 Å². The third-order valence-electron chi connectivity index (χ3n) is 7.19. The summed E-state index contributed by atoms with van der Waals surface area (Å²) in [6.07, 6.45) is 14.4. The van der Waals surface area contributed by atoms with Crippen LogP contribution in [0.4, 0.5) is 0 Å². The van der Waals surface area contributed by atoms with Crippen molar-refractivity contribution in [3.8, 4) is 23.0 Å². The number of hydrogen-bond donors (Lipinski definition) is 2. The number of carbonyl (C=O) groups is 1. The number of hydrogen-bond acceptors (Lipinski definition) is 6. The summed E-state index contributed by atoms with van der Waals surface area (Å²) in [5, 5.41) is 21.3. The van der Waals surface area contributed by atoms with Crippen LogP contribution in [0.25, 0.3) is 6.08 Å². The summed E-state index contributed by atoms with van der Waals surface area (Å²) in [6.45, 7) is 12.5. The lowest BCUT2D eigenvalue weighted by atomic mass is 9.97. The van der Waals surface area contributed by atoms with Gasteiger partial charge in [-0.3, -0.25) is 4.79 Å². The minimum Gasteiger partial charge on any atom is -0.504 e. The SMILES string of the molecule is C=CCCOc1c(O)c(C)c(/C=C/CCCCCCCCOC(=O)C(C)c2ccc(CC(C)C)cc2)c(O)c1OC. The average molecular weight is 567 g/mol. The Morgan fingerprint density at radius 3 is 2.20 bits per heavy atom. The van der Waals surface area contributed by atoms with Gasteiger partial charge in [-0.1, -0.05) is 82.0 Å². The molecule has 0 aliphatic heterocycles. The molecule has 0 fully saturated rings. The summed E-state index contributed by atoms with van der Waals surface area (Å²) < 4.78 is 16.5. The second kappa shape index (κ2) is 18.1. The van der Waals surface area contributed by atoms with E-state index in [1.165, 1.54) is 12.7 Å². The fourth-order valence-corrected chi connectivity index (χ4v) is 4.70. The number of rotatable bonds is 19. The van der Waals surface area contributed by atoms with E-state index in [1.54, 1.807) is 13.0 Å². The maximum Gasteiger partial charge on any atom is 0.313 e. The minimum atomic E-state index is -0.250. The van der Waals surface area contributed by atoms with Gasteiger partial charge in [0.15, 0.2) is 11.5 Å². The first-order chi connectivity index (χ1) is 19.7. The summed E-state index contributed by atoms with van der Waals surface area (Å²) in [4.78, 5) is 12.4. The van der Waals surface area contributed by atoms with E-state index < -0.39 is 0 Å². The molecule has 2 aromatic rings. The fraction of sp³-hybridized carbons (Fsp3) is 0.514. The van der Waals surface area contributed by atoms with Crippen LogP contribution in [0.3, 0.4) is 0 Å². The Balaban J connectivity index is 1.65. The van der Waals surface area contributed by atoms with Crippen molar-refractivity contribution in [1.82, 2.24) is 0 Å². The number of phenols is 2. The molecule has 0 spiro atoms. The van der Waals surface area contributed by atoms with Gasteiger partial charge in [0.25, 0.3) is 0 Å². The van der Waals surface area contributed by atoms with E-state index in [-0.39, 0.29) is 34.9 Å². The molecule has 0 amide bonds. The van der Waals surface area contributed by atoms with Crippen LogP contribution in [0.5, 0.6) is 23.0 Å². The smallest absolute Gasteiger partial charge is 0.313 e. The third kappa shape index (κ3) is 10.8. The number of allylic oxidation sites excluding steroid dienone is 1. The number of aromatic hydroxyl groups is 2. The second-order valence-corrected chi connectivity index (χ2v) is 11.1. The molecule has 0 bridgehead atoms. The van der Waals surface area contributed by atoms with Gasteiger partial charge in [0, 0.05) is 11.1 Å². The molecule has 2 aromatic carbocycles. The molecule has 0 radical (unpaired) electrons. The zero-order valence-electron chi connectivity index (χ0n) is 25.7. The molecule has 0 heterocycles. The van der Waals surface area contributed by atoms with Crippen molar-refractivity contribution < 1.29 is 29.2 Å². The summed E-state index contributed by atoms with van der Waals surface area (Å²) in [5.74, 6) is 0.423. The lowest BCUT2D eigenvalue weighted by Gasteiger charge is -2.17. The van der Waals surface area contributed by atoms with Crippen molar-refractivity contribution >= 4 is 12.0 Å². The van der Waals surface area contributed by atoms with Gasteiger partial charge < -0.3 is 24.4 Å². The predicted octanol–water partition coefficient (Wildman–Crippen LogP) is 8.66. The monoisotopic (exact) mass is 566 g/mol. The molecule has 0 saturated heterocycles. The van der Waals surface area contributed by atoms with E-state index in [9.17, 15) is 15.0 Å². The van der Waals surface area contributed by atoms with Crippen LogP contribution in [0.15, 0.2) is 43.0 Å². The zero-order chi connectivity index (χ0) is 30.2. The molecule has 0 aliphatic rings. The summed E-state index contributed by atoms with van der Waals surface area (Å²) in [6, 6.07) is 8.31. The van der Waals surface area contributed by atoms with Crippen molar-refractivity contribution in [2.24, 2.45) is 5.92 Å². The molecule has 1 unspecified atom stereocenters. The van der Waals surface area contributed by atoms with E-state index in [0.717, 1.165) is 56.9 Å². The number of methoxy groups -OCH3 is 1. The minimum absolute atomic E-state index is 0.0285. The third-order valence-corrected chi connectivity index (χ3v) is 7.19. The quantitative estimate of drug-likeness (QED) is 0.0766. The van der Waals surface area contributed by atoms with Crippen molar-refractivity contribution in [1.29, 1.82) is 0 Å². The first-order valence-corrected chi connectivity index (χ1v) is 15.0. The molecule has 6 nitrogen and oxygen atoms in total. The Hall–Kier alpha value is -3.41. The maximum absolute atomic E-state index is 12.4. The molecular weight excluding hydrogens is 516 g/mol. The molecule has 0 saturated carbocycles. The highest BCUT2D eigenvalue weighted by molar-refractivity contribution is 5.77. The molecule has 0 aliphatic carbocycles. The predicted molar refractivity (Wildman–Crippen MR) is 167 cm³/mol. The van der Waals surface area contributed by atoms with Crippen molar-refractivity contribution in [2.75, 3.05) is 20.3 Å². The van der Waals surface area contributed by atoms with Gasteiger partial charge in [0.05, 0.1) is 26.2 Å².